The Labute approximate surface area is 98.1 Å². The van der Waals surface area contributed by atoms with Crippen molar-refractivity contribution in [2.45, 2.75) is 20.5 Å². The molecule has 1 rings (SSSR count). The molecule has 0 spiro atoms. The SMILES string of the molecule is CC(C)=CC(=O)Nc1ccccc1OC(F)F. The van der Waals surface area contributed by atoms with Crippen LogP contribution >= 0.6 is 0 Å². The minimum atomic E-state index is -2.92. The molecule has 17 heavy (non-hydrogen) atoms. The van der Waals surface area contributed by atoms with E-state index in [1.165, 1.54) is 18.2 Å². The number of hydrogen-bond acceptors (Lipinski definition) is 2. The quantitative estimate of drug-likeness (QED) is 0.822. The minimum Gasteiger partial charge on any atom is -0.433 e. The fourth-order valence-electron chi connectivity index (χ4n) is 1.20. The Kier molecular flexibility index (Phi) is 4.63. The van der Waals surface area contributed by atoms with Crippen LogP contribution in [0, 0.1) is 0 Å². The Morgan fingerprint density at radius 3 is 2.59 bits per heavy atom. The highest BCUT2D eigenvalue weighted by Gasteiger charge is 2.10. The lowest BCUT2D eigenvalue weighted by Crippen LogP contribution is -2.11. The second kappa shape index (κ2) is 5.98. The summed E-state index contributed by atoms with van der Waals surface area (Å²) in [5, 5.41) is 2.47. The first-order chi connectivity index (χ1) is 7.99. The Morgan fingerprint density at radius 1 is 1.35 bits per heavy atom. The monoisotopic (exact) mass is 241 g/mol. The summed E-state index contributed by atoms with van der Waals surface area (Å²) in [7, 11) is 0. The highest BCUT2D eigenvalue weighted by atomic mass is 19.3. The van der Waals surface area contributed by atoms with Crippen molar-refractivity contribution in [2.75, 3.05) is 5.32 Å². The zero-order chi connectivity index (χ0) is 12.8. The number of nitrogens with one attached hydrogen (secondary N) is 1. The van der Waals surface area contributed by atoms with Gasteiger partial charge in [-0.3, -0.25) is 4.79 Å². The van der Waals surface area contributed by atoms with E-state index in [1.807, 2.05) is 0 Å². The number of hydrogen-bond donors (Lipinski definition) is 1. The van der Waals surface area contributed by atoms with E-state index in [1.54, 1.807) is 26.0 Å². The third-order valence-corrected chi connectivity index (χ3v) is 1.78. The van der Waals surface area contributed by atoms with Crippen LogP contribution in [0.15, 0.2) is 35.9 Å². The molecule has 1 aromatic rings. The summed E-state index contributed by atoms with van der Waals surface area (Å²) < 4.78 is 28.5. The molecular weight excluding hydrogens is 228 g/mol. The van der Waals surface area contributed by atoms with Gasteiger partial charge in [-0.1, -0.05) is 17.7 Å². The Bertz CT molecular complexity index is 426. The van der Waals surface area contributed by atoms with Crippen LogP contribution in [0.4, 0.5) is 14.5 Å². The average Bonchev–Trinajstić information content (AvgIpc) is 2.18. The lowest BCUT2D eigenvalue weighted by Gasteiger charge is -2.10. The fourth-order valence-corrected chi connectivity index (χ4v) is 1.20. The molecule has 0 heterocycles. The molecule has 0 saturated carbocycles. The summed E-state index contributed by atoms with van der Waals surface area (Å²) >= 11 is 0. The van der Waals surface area contributed by atoms with Crippen LogP contribution in [-0.2, 0) is 4.79 Å². The van der Waals surface area contributed by atoms with Crippen molar-refractivity contribution in [1.29, 1.82) is 0 Å². The van der Waals surface area contributed by atoms with Crippen molar-refractivity contribution in [3.63, 3.8) is 0 Å². The summed E-state index contributed by atoms with van der Waals surface area (Å²) in [5.74, 6) is -0.437. The number of amides is 1. The molecule has 1 N–H and O–H groups in total. The van der Waals surface area contributed by atoms with Crippen LogP contribution in [0.5, 0.6) is 5.75 Å². The number of allylic oxidation sites excluding steroid dienone is 1. The molecule has 1 aromatic carbocycles. The lowest BCUT2D eigenvalue weighted by atomic mass is 10.2. The lowest BCUT2D eigenvalue weighted by molar-refractivity contribution is -0.112. The molecule has 1 amide bonds. The van der Waals surface area contributed by atoms with Crippen LogP contribution < -0.4 is 10.1 Å². The van der Waals surface area contributed by atoms with Crippen molar-refractivity contribution in [1.82, 2.24) is 0 Å². The number of carbonyl (C=O) groups excluding carboxylic acids is 1. The van der Waals surface area contributed by atoms with Gasteiger partial charge in [-0.25, -0.2) is 0 Å². The fraction of sp³-hybridized carbons (Fsp3) is 0.250. The molecular formula is C12H13F2NO2. The number of benzene rings is 1. The molecule has 0 aliphatic heterocycles. The van der Waals surface area contributed by atoms with Gasteiger partial charge in [0.15, 0.2) is 0 Å². The van der Waals surface area contributed by atoms with Crippen molar-refractivity contribution >= 4 is 11.6 Å². The number of para-hydroxylation sites is 2. The third-order valence-electron chi connectivity index (χ3n) is 1.78. The highest BCUT2D eigenvalue weighted by molar-refractivity contribution is 6.00. The van der Waals surface area contributed by atoms with Gasteiger partial charge >= 0.3 is 6.61 Å². The topological polar surface area (TPSA) is 38.3 Å². The highest BCUT2D eigenvalue weighted by Crippen LogP contribution is 2.25. The summed E-state index contributed by atoms with van der Waals surface area (Å²) in [6, 6.07) is 6.03. The van der Waals surface area contributed by atoms with Gasteiger partial charge in [0.05, 0.1) is 5.69 Å². The second-order valence-electron chi connectivity index (χ2n) is 3.59. The van der Waals surface area contributed by atoms with E-state index >= 15 is 0 Å². The predicted octanol–water partition coefficient (Wildman–Crippen LogP) is 3.19. The maximum Gasteiger partial charge on any atom is 0.387 e. The third kappa shape index (κ3) is 4.63. The number of carbonyl (C=O) groups is 1. The van der Waals surface area contributed by atoms with Gasteiger partial charge in [-0.05, 0) is 26.0 Å². The predicted molar refractivity (Wildman–Crippen MR) is 61.1 cm³/mol. The molecule has 0 bridgehead atoms. The van der Waals surface area contributed by atoms with Gasteiger partial charge in [0.2, 0.25) is 5.91 Å². The summed E-state index contributed by atoms with van der Waals surface area (Å²) in [5.41, 5.74) is 1.03. The normalized spacial score (nSPS) is 9.94. The number of anilines is 1. The van der Waals surface area contributed by atoms with Crippen LogP contribution in [0.1, 0.15) is 13.8 Å². The Balaban J connectivity index is 2.83. The van der Waals surface area contributed by atoms with Crippen molar-refractivity contribution < 1.29 is 18.3 Å². The van der Waals surface area contributed by atoms with Gasteiger partial charge in [0, 0.05) is 6.08 Å². The van der Waals surface area contributed by atoms with E-state index in [0.717, 1.165) is 5.57 Å². The van der Waals surface area contributed by atoms with Gasteiger partial charge in [-0.15, -0.1) is 0 Å². The minimum absolute atomic E-state index is 0.0574. The Hall–Kier alpha value is -1.91. The second-order valence-corrected chi connectivity index (χ2v) is 3.59. The standard InChI is InChI=1S/C12H13F2NO2/c1-8(2)7-11(16)15-9-5-3-4-6-10(9)17-12(13)14/h3-7,12H,1-2H3,(H,15,16). The van der Waals surface area contributed by atoms with Gasteiger partial charge in [0.25, 0.3) is 0 Å². The number of halogens is 2. The van der Waals surface area contributed by atoms with E-state index < -0.39 is 6.61 Å². The first-order valence-corrected chi connectivity index (χ1v) is 4.99. The largest absolute Gasteiger partial charge is 0.433 e. The maximum atomic E-state index is 12.1. The van der Waals surface area contributed by atoms with Crippen LogP contribution in [-0.4, -0.2) is 12.5 Å². The molecule has 0 radical (unpaired) electrons. The zero-order valence-corrected chi connectivity index (χ0v) is 9.54. The molecule has 5 heteroatoms. The molecule has 92 valence electrons. The molecule has 0 fully saturated rings. The summed E-state index contributed by atoms with van der Waals surface area (Å²) in [4.78, 5) is 11.4. The van der Waals surface area contributed by atoms with Crippen LogP contribution in [0.2, 0.25) is 0 Å². The average molecular weight is 241 g/mol. The van der Waals surface area contributed by atoms with E-state index in [2.05, 4.69) is 10.1 Å². The van der Waals surface area contributed by atoms with Crippen LogP contribution in [0.25, 0.3) is 0 Å². The Morgan fingerprint density at radius 2 is 2.00 bits per heavy atom. The molecule has 0 aromatic heterocycles. The molecule has 0 aliphatic carbocycles. The number of alkyl halides is 2. The van der Waals surface area contributed by atoms with E-state index in [4.69, 9.17) is 0 Å². The van der Waals surface area contributed by atoms with E-state index in [0.29, 0.717) is 0 Å². The van der Waals surface area contributed by atoms with E-state index in [9.17, 15) is 13.6 Å². The van der Waals surface area contributed by atoms with Gasteiger partial charge < -0.3 is 10.1 Å². The number of ether oxygens (including phenoxy) is 1. The summed E-state index contributed by atoms with van der Waals surface area (Å²) in [6.45, 7) is 0.610. The van der Waals surface area contributed by atoms with Gasteiger partial charge in [0.1, 0.15) is 5.75 Å². The smallest absolute Gasteiger partial charge is 0.387 e. The van der Waals surface area contributed by atoms with Crippen LogP contribution in [0.3, 0.4) is 0 Å². The zero-order valence-electron chi connectivity index (χ0n) is 9.54. The molecule has 0 unspecified atom stereocenters. The molecule has 0 aliphatic rings. The maximum absolute atomic E-state index is 12.1. The van der Waals surface area contributed by atoms with Crippen molar-refractivity contribution in [2.24, 2.45) is 0 Å². The molecule has 3 nitrogen and oxygen atoms in total. The molecule has 0 saturated heterocycles. The van der Waals surface area contributed by atoms with Crippen molar-refractivity contribution in [3.8, 4) is 5.75 Å². The van der Waals surface area contributed by atoms with Gasteiger partial charge in [-0.2, -0.15) is 8.78 Å². The first-order valence-electron chi connectivity index (χ1n) is 4.99. The number of rotatable bonds is 4. The first kappa shape index (κ1) is 13.2. The van der Waals surface area contributed by atoms with E-state index in [-0.39, 0.29) is 17.3 Å². The van der Waals surface area contributed by atoms with Crippen molar-refractivity contribution in [3.05, 3.63) is 35.9 Å². The summed E-state index contributed by atoms with van der Waals surface area (Å²) in [6.07, 6.45) is 1.37. The molecule has 0 atom stereocenters.